The summed E-state index contributed by atoms with van der Waals surface area (Å²) in [5, 5.41) is 3.45. The number of fused-ring (bicyclic) bond motifs is 1. The van der Waals surface area contributed by atoms with Crippen molar-refractivity contribution in [3.8, 4) is 22.3 Å². The number of anilines is 1. The van der Waals surface area contributed by atoms with Crippen LogP contribution >= 0.6 is 11.6 Å². The second kappa shape index (κ2) is 5.77. The average molecular weight is 338 g/mol. The molecule has 4 rings (SSSR count). The second-order valence-corrected chi connectivity index (χ2v) is 6.17. The Labute approximate surface area is 143 Å². The maximum absolute atomic E-state index is 13.2. The summed E-state index contributed by atoms with van der Waals surface area (Å²) < 4.78 is 13.2. The van der Waals surface area contributed by atoms with Gasteiger partial charge in [0.05, 0.1) is 6.42 Å². The molecule has 118 valence electrons. The molecule has 1 heterocycles. The van der Waals surface area contributed by atoms with E-state index in [1.807, 2.05) is 36.4 Å². The molecule has 0 atom stereocenters. The molecular weight excluding hydrogens is 325 g/mol. The van der Waals surface area contributed by atoms with Gasteiger partial charge < -0.3 is 5.32 Å². The van der Waals surface area contributed by atoms with Crippen LogP contribution in [0.15, 0.2) is 60.7 Å². The molecule has 3 aromatic carbocycles. The van der Waals surface area contributed by atoms with E-state index in [1.54, 1.807) is 12.1 Å². The molecule has 0 saturated heterocycles. The van der Waals surface area contributed by atoms with Gasteiger partial charge in [-0.3, -0.25) is 4.79 Å². The third kappa shape index (κ3) is 2.57. The van der Waals surface area contributed by atoms with Crippen LogP contribution in [0.1, 0.15) is 5.56 Å². The van der Waals surface area contributed by atoms with Gasteiger partial charge >= 0.3 is 0 Å². The molecule has 0 unspecified atom stereocenters. The Bertz CT molecular complexity index is 950. The summed E-state index contributed by atoms with van der Waals surface area (Å²) >= 11 is 6.47. The van der Waals surface area contributed by atoms with E-state index < -0.39 is 0 Å². The quantitative estimate of drug-likeness (QED) is 0.674. The van der Waals surface area contributed by atoms with Gasteiger partial charge in [0.15, 0.2) is 0 Å². The first kappa shape index (κ1) is 14.9. The van der Waals surface area contributed by atoms with Gasteiger partial charge in [0.25, 0.3) is 0 Å². The summed E-state index contributed by atoms with van der Waals surface area (Å²) in [5.41, 5.74) is 5.45. The van der Waals surface area contributed by atoms with E-state index in [0.717, 1.165) is 33.5 Å². The third-order valence-corrected chi connectivity index (χ3v) is 4.50. The Morgan fingerprint density at radius 1 is 0.958 bits per heavy atom. The van der Waals surface area contributed by atoms with Crippen LogP contribution < -0.4 is 5.32 Å². The molecule has 3 aromatic rings. The maximum Gasteiger partial charge on any atom is 0.228 e. The molecular formula is C20H13ClFNO. The Morgan fingerprint density at radius 2 is 1.71 bits per heavy atom. The molecule has 0 spiro atoms. The number of amides is 1. The summed E-state index contributed by atoms with van der Waals surface area (Å²) in [5.74, 6) is -0.274. The molecule has 1 amide bonds. The predicted octanol–water partition coefficient (Wildman–Crippen LogP) is 5.31. The van der Waals surface area contributed by atoms with Crippen LogP contribution in [0.5, 0.6) is 0 Å². The molecule has 4 heteroatoms. The van der Waals surface area contributed by atoms with Crippen molar-refractivity contribution in [3.05, 3.63) is 77.1 Å². The maximum atomic E-state index is 13.2. The Hall–Kier alpha value is -2.65. The molecule has 0 aromatic heterocycles. The number of halogens is 2. The zero-order valence-electron chi connectivity index (χ0n) is 12.6. The van der Waals surface area contributed by atoms with Crippen molar-refractivity contribution in [2.45, 2.75) is 6.42 Å². The first-order valence-corrected chi connectivity index (χ1v) is 7.97. The average Bonchev–Trinajstić information content (AvgIpc) is 2.94. The normalized spacial score (nSPS) is 12.8. The van der Waals surface area contributed by atoms with Crippen LogP contribution in [0.2, 0.25) is 5.02 Å². The zero-order chi connectivity index (χ0) is 16.7. The molecule has 24 heavy (non-hydrogen) atoms. The van der Waals surface area contributed by atoms with Crippen molar-refractivity contribution in [3.63, 3.8) is 0 Å². The topological polar surface area (TPSA) is 29.1 Å². The van der Waals surface area contributed by atoms with Crippen LogP contribution in [0, 0.1) is 5.82 Å². The molecule has 1 N–H and O–H groups in total. The highest BCUT2D eigenvalue weighted by Gasteiger charge is 2.19. The number of nitrogens with one attached hydrogen (secondary N) is 1. The van der Waals surface area contributed by atoms with Crippen molar-refractivity contribution in [2.75, 3.05) is 5.32 Å². The second-order valence-electron chi connectivity index (χ2n) is 5.77. The van der Waals surface area contributed by atoms with E-state index in [0.29, 0.717) is 11.4 Å². The van der Waals surface area contributed by atoms with Gasteiger partial charge in [0.1, 0.15) is 5.82 Å². The van der Waals surface area contributed by atoms with Crippen LogP contribution in [0.3, 0.4) is 0 Å². The number of hydrogen-bond acceptors (Lipinski definition) is 1. The molecule has 1 aliphatic rings. The van der Waals surface area contributed by atoms with Gasteiger partial charge in [-0.2, -0.15) is 0 Å². The highest BCUT2D eigenvalue weighted by molar-refractivity contribution is 6.34. The number of carbonyl (C=O) groups is 1. The molecule has 2 nitrogen and oxygen atoms in total. The summed E-state index contributed by atoms with van der Waals surface area (Å²) in [6.45, 7) is 0. The summed E-state index contributed by atoms with van der Waals surface area (Å²) in [7, 11) is 0. The minimum absolute atomic E-state index is 0.0000617. The first-order chi connectivity index (χ1) is 11.6. The summed E-state index contributed by atoms with van der Waals surface area (Å²) in [6, 6.07) is 17.9. The largest absolute Gasteiger partial charge is 0.326 e. The fourth-order valence-corrected chi connectivity index (χ4v) is 3.36. The van der Waals surface area contributed by atoms with E-state index >= 15 is 0 Å². The number of rotatable bonds is 2. The van der Waals surface area contributed by atoms with Crippen molar-refractivity contribution in [2.24, 2.45) is 0 Å². The van der Waals surface area contributed by atoms with Gasteiger partial charge in [0, 0.05) is 16.3 Å². The van der Waals surface area contributed by atoms with Crippen LogP contribution in [-0.4, -0.2) is 5.91 Å². The van der Waals surface area contributed by atoms with Crippen molar-refractivity contribution < 1.29 is 9.18 Å². The lowest BCUT2D eigenvalue weighted by Crippen LogP contribution is -2.03. The molecule has 0 radical (unpaired) electrons. The van der Waals surface area contributed by atoms with Crippen LogP contribution in [0.25, 0.3) is 22.3 Å². The predicted molar refractivity (Wildman–Crippen MR) is 94.6 cm³/mol. The number of hydrogen-bond donors (Lipinski definition) is 1. The SMILES string of the molecule is O=C1Cc2cc(-c3c(Cl)cccc3-c3ccc(F)cc3)ccc2N1. The van der Waals surface area contributed by atoms with E-state index in [-0.39, 0.29) is 11.7 Å². The van der Waals surface area contributed by atoms with E-state index in [2.05, 4.69) is 5.32 Å². The van der Waals surface area contributed by atoms with Crippen LogP contribution in [0.4, 0.5) is 10.1 Å². The lowest BCUT2D eigenvalue weighted by Gasteiger charge is -2.13. The van der Waals surface area contributed by atoms with E-state index in [1.165, 1.54) is 12.1 Å². The van der Waals surface area contributed by atoms with Crippen molar-refractivity contribution >= 4 is 23.2 Å². The van der Waals surface area contributed by atoms with Crippen molar-refractivity contribution in [1.29, 1.82) is 0 Å². The molecule has 0 saturated carbocycles. The number of benzene rings is 3. The van der Waals surface area contributed by atoms with Gasteiger partial charge in [-0.15, -0.1) is 0 Å². The van der Waals surface area contributed by atoms with Crippen LogP contribution in [-0.2, 0) is 11.2 Å². The monoisotopic (exact) mass is 337 g/mol. The Morgan fingerprint density at radius 3 is 2.50 bits per heavy atom. The molecule has 0 bridgehead atoms. The highest BCUT2D eigenvalue weighted by atomic mass is 35.5. The minimum atomic E-state index is -0.274. The molecule has 1 aliphatic heterocycles. The fourth-order valence-electron chi connectivity index (χ4n) is 3.07. The lowest BCUT2D eigenvalue weighted by molar-refractivity contribution is -0.115. The molecule has 0 aliphatic carbocycles. The van der Waals surface area contributed by atoms with E-state index in [4.69, 9.17) is 11.6 Å². The van der Waals surface area contributed by atoms with Gasteiger partial charge in [-0.05, 0) is 52.6 Å². The van der Waals surface area contributed by atoms with Gasteiger partial charge in [-0.1, -0.05) is 41.9 Å². The lowest BCUT2D eigenvalue weighted by atomic mass is 9.93. The number of carbonyl (C=O) groups excluding carboxylic acids is 1. The Balaban J connectivity index is 1.88. The van der Waals surface area contributed by atoms with E-state index in [9.17, 15) is 9.18 Å². The standard InChI is InChI=1S/C20H13ClFNO/c21-17-3-1-2-16(12-4-7-15(22)8-5-12)20(17)13-6-9-18-14(10-13)11-19(24)23-18/h1-10H,11H2,(H,23,24). The first-order valence-electron chi connectivity index (χ1n) is 7.59. The summed E-state index contributed by atoms with van der Waals surface area (Å²) in [4.78, 5) is 11.6. The fraction of sp³-hybridized carbons (Fsp3) is 0.0500. The van der Waals surface area contributed by atoms with Gasteiger partial charge in [-0.25, -0.2) is 4.39 Å². The zero-order valence-corrected chi connectivity index (χ0v) is 13.4. The highest BCUT2D eigenvalue weighted by Crippen LogP contribution is 2.39. The smallest absolute Gasteiger partial charge is 0.228 e. The third-order valence-electron chi connectivity index (χ3n) is 4.19. The summed E-state index contributed by atoms with van der Waals surface area (Å²) in [6.07, 6.45) is 0.375. The molecule has 0 fully saturated rings. The van der Waals surface area contributed by atoms with Gasteiger partial charge in [0.2, 0.25) is 5.91 Å². The Kier molecular flexibility index (Phi) is 3.58. The van der Waals surface area contributed by atoms with Crippen molar-refractivity contribution in [1.82, 2.24) is 0 Å². The minimum Gasteiger partial charge on any atom is -0.326 e.